The zero-order chi connectivity index (χ0) is 25.5. The Hall–Kier alpha value is -3.07. The summed E-state index contributed by atoms with van der Waals surface area (Å²) in [4.78, 5) is 27.8. The highest BCUT2D eigenvalue weighted by Crippen LogP contribution is 2.24. The van der Waals surface area contributed by atoms with E-state index in [1.54, 1.807) is 31.2 Å². The van der Waals surface area contributed by atoms with Crippen LogP contribution in [0.3, 0.4) is 0 Å². The number of methoxy groups -OCH3 is 1. The van der Waals surface area contributed by atoms with Gasteiger partial charge in [0.1, 0.15) is 18.3 Å². The third kappa shape index (κ3) is 7.48. The second-order valence-electron chi connectivity index (χ2n) is 8.73. The van der Waals surface area contributed by atoms with Crippen LogP contribution in [0.15, 0.2) is 48.5 Å². The summed E-state index contributed by atoms with van der Waals surface area (Å²) in [5.41, 5.74) is 2.16. The van der Waals surface area contributed by atoms with E-state index < -0.39 is 28.5 Å². The predicted octanol–water partition coefficient (Wildman–Crippen LogP) is 2.96. The van der Waals surface area contributed by atoms with Crippen LogP contribution in [-0.4, -0.2) is 57.6 Å². The first-order valence-corrected chi connectivity index (χ1v) is 13.0. The Morgan fingerprint density at radius 3 is 2.32 bits per heavy atom. The lowest BCUT2D eigenvalue weighted by Crippen LogP contribution is -2.51. The molecule has 8 nitrogen and oxygen atoms in total. The number of ether oxygens (including phenoxy) is 1. The Labute approximate surface area is 202 Å². The molecular weight excluding hydrogens is 454 g/mol. The summed E-state index contributed by atoms with van der Waals surface area (Å²) in [6.45, 7) is 7.77. The summed E-state index contributed by atoms with van der Waals surface area (Å²) < 4.78 is 31.5. The molecule has 0 saturated heterocycles. The first-order valence-electron chi connectivity index (χ1n) is 11.2. The van der Waals surface area contributed by atoms with E-state index in [1.165, 1.54) is 12.0 Å². The van der Waals surface area contributed by atoms with Gasteiger partial charge < -0.3 is 15.0 Å². The number of sulfonamides is 1. The molecule has 2 rings (SSSR count). The van der Waals surface area contributed by atoms with Gasteiger partial charge in [0.2, 0.25) is 21.8 Å². The number of hydrogen-bond donors (Lipinski definition) is 1. The van der Waals surface area contributed by atoms with E-state index in [0.29, 0.717) is 18.0 Å². The highest BCUT2D eigenvalue weighted by Gasteiger charge is 2.30. The van der Waals surface area contributed by atoms with Crippen LogP contribution >= 0.6 is 0 Å². The van der Waals surface area contributed by atoms with Crippen LogP contribution in [0.5, 0.6) is 5.75 Å². The van der Waals surface area contributed by atoms with Gasteiger partial charge in [-0.3, -0.25) is 13.9 Å². The van der Waals surface area contributed by atoms with Crippen molar-refractivity contribution >= 4 is 27.5 Å². The van der Waals surface area contributed by atoms with Gasteiger partial charge in [-0.05, 0) is 43.0 Å². The monoisotopic (exact) mass is 489 g/mol. The average Bonchev–Trinajstić information content (AvgIpc) is 2.79. The zero-order valence-corrected chi connectivity index (χ0v) is 21.6. The topological polar surface area (TPSA) is 96.0 Å². The fourth-order valence-corrected chi connectivity index (χ4v) is 4.23. The van der Waals surface area contributed by atoms with E-state index in [0.717, 1.165) is 21.7 Å². The van der Waals surface area contributed by atoms with Crippen LogP contribution in [0.4, 0.5) is 5.69 Å². The molecule has 0 saturated carbocycles. The van der Waals surface area contributed by atoms with Crippen molar-refractivity contribution in [2.24, 2.45) is 5.92 Å². The standard InChI is InChI=1S/C25H35N3O5S/c1-18(2)15-26-25(30)20(4)27(16-21-11-8-7-10-19(21)3)24(29)17-28(34(6,31)32)22-12-9-13-23(14-22)33-5/h7-14,18,20H,15-17H2,1-6H3,(H,26,30)/t20-/m0/s1. The van der Waals surface area contributed by atoms with E-state index in [9.17, 15) is 18.0 Å². The molecule has 0 unspecified atom stereocenters. The molecule has 186 valence electrons. The smallest absolute Gasteiger partial charge is 0.244 e. The summed E-state index contributed by atoms with van der Waals surface area (Å²) in [5.74, 6) is -0.0473. The molecule has 2 aromatic rings. The summed E-state index contributed by atoms with van der Waals surface area (Å²) >= 11 is 0. The number of benzene rings is 2. The number of hydrogen-bond acceptors (Lipinski definition) is 5. The predicted molar refractivity (Wildman–Crippen MR) is 134 cm³/mol. The van der Waals surface area contributed by atoms with Gasteiger partial charge in [-0.1, -0.05) is 44.2 Å². The van der Waals surface area contributed by atoms with E-state index in [4.69, 9.17) is 4.74 Å². The molecular formula is C25H35N3O5S. The molecule has 0 aliphatic heterocycles. The molecule has 1 N–H and O–H groups in total. The van der Waals surface area contributed by atoms with E-state index in [2.05, 4.69) is 5.32 Å². The molecule has 0 aliphatic rings. The minimum Gasteiger partial charge on any atom is -0.497 e. The molecule has 0 radical (unpaired) electrons. The van der Waals surface area contributed by atoms with Crippen molar-refractivity contribution in [2.45, 2.75) is 40.3 Å². The Bertz CT molecular complexity index is 1100. The van der Waals surface area contributed by atoms with Crippen molar-refractivity contribution < 1.29 is 22.7 Å². The third-order valence-electron chi connectivity index (χ3n) is 5.47. The Kier molecular flexibility index (Phi) is 9.49. The first kappa shape index (κ1) is 27.2. The minimum atomic E-state index is -3.79. The van der Waals surface area contributed by atoms with Crippen molar-refractivity contribution in [1.29, 1.82) is 0 Å². The van der Waals surface area contributed by atoms with Gasteiger partial charge >= 0.3 is 0 Å². The lowest BCUT2D eigenvalue weighted by Gasteiger charge is -2.32. The highest BCUT2D eigenvalue weighted by atomic mass is 32.2. The number of rotatable bonds is 11. The molecule has 1 atom stereocenters. The molecule has 0 spiro atoms. The first-order chi connectivity index (χ1) is 15.9. The highest BCUT2D eigenvalue weighted by molar-refractivity contribution is 7.92. The molecule has 34 heavy (non-hydrogen) atoms. The van der Waals surface area contributed by atoms with E-state index >= 15 is 0 Å². The Balaban J connectivity index is 2.39. The second-order valence-corrected chi connectivity index (χ2v) is 10.6. The number of nitrogens with zero attached hydrogens (tertiary/aromatic N) is 2. The molecule has 0 aliphatic carbocycles. The zero-order valence-electron chi connectivity index (χ0n) is 20.7. The molecule has 2 aromatic carbocycles. The van der Waals surface area contributed by atoms with Crippen LogP contribution in [0, 0.1) is 12.8 Å². The van der Waals surface area contributed by atoms with Crippen LogP contribution in [0.2, 0.25) is 0 Å². The van der Waals surface area contributed by atoms with Gasteiger partial charge in [0.05, 0.1) is 19.1 Å². The summed E-state index contributed by atoms with van der Waals surface area (Å²) in [6, 6.07) is 13.3. The van der Waals surface area contributed by atoms with Crippen molar-refractivity contribution in [3.63, 3.8) is 0 Å². The van der Waals surface area contributed by atoms with Crippen molar-refractivity contribution in [1.82, 2.24) is 10.2 Å². The molecule has 0 heterocycles. The van der Waals surface area contributed by atoms with Gasteiger partial charge in [0.25, 0.3) is 0 Å². The lowest BCUT2D eigenvalue weighted by molar-refractivity contribution is -0.139. The van der Waals surface area contributed by atoms with E-state index in [-0.39, 0.29) is 18.4 Å². The van der Waals surface area contributed by atoms with Gasteiger partial charge in [-0.2, -0.15) is 0 Å². The average molecular weight is 490 g/mol. The fraction of sp³-hybridized carbons (Fsp3) is 0.440. The summed E-state index contributed by atoms with van der Waals surface area (Å²) in [5, 5.41) is 2.87. The van der Waals surface area contributed by atoms with Crippen LogP contribution in [0.1, 0.15) is 31.9 Å². The number of anilines is 1. The normalized spacial score (nSPS) is 12.2. The summed E-state index contributed by atoms with van der Waals surface area (Å²) in [6.07, 6.45) is 1.05. The van der Waals surface area contributed by atoms with Crippen molar-refractivity contribution in [3.8, 4) is 5.75 Å². The Morgan fingerprint density at radius 1 is 1.06 bits per heavy atom. The fourth-order valence-electron chi connectivity index (χ4n) is 3.39. The van der Waals surface area contributed by atoms with Crippen molar-refractivity contribution in [3.05, 3.63) is 59.7 Å². The number of carbonyl (C=O) groups excluding carboxylic acids is 2. The third-order valence-corrected chi connectivity index (χ3v) is 6.61. The molecule has 0 fully saturated rings. The van der Waals surface area contributed by atoms with Crippen LogP contribution < -0.4 is 14.4 Å². The number of carbonyl (C=O) groups is 2. The van der Waals surface area contributed by atoms with Crippen LogP contribution in [0.25, 0.3) is 0 Å². The SMILES string of the molecule is COc1cccc(N(CC(=O)N(Cc2ccccc2C)[C@@H](C)C(=O)NCC(C)C)S(C)(=O)=O)c1. The molecule has 0 aromatic heterocycles. The summed E-state index contributed by atoms with van der Waals surface area (Å²) in [7, 11) is -2.31. The van der Waals surface area contributed by atoms with Crippen molar-refractivity contribution in [2.75, 3.05) is 30.8 Å². The van der Waals surface area contributed by atoms with Gasteiger partial charge in [-0.25, -0.2) is 8.42 Å². The number of amides is 2. The van der Waals surface area contributed by atoms with Gasteiger partial charge in [0, 0.05) is 19.2 Å². The maximum atomic E-state index is 13.5. The molecule has 9 heteroatoms. The number of nitrogens with one attached hydrogen (secondary N) is 1. The quantitative estimate of drug-likeness (QED) is 0.524. The van der Waals surface area contributed by atoms with E-state index in [1.807, 2.05) is 45.0 Å². The number of aryl methyl sites for hydroxylation is 1. The Morgan fingerprint density at radius 2 is 1.74 bits per heavy atom. The largest absolute Gasteiger partial charge is 0.497 e. The van der Waals surface area contributed by atoms with Crippen LogP contribution in [-0.2, 0) is 26.2 Å². The minimum absolute atomic E-state index is 0.178. The second kappa shape index (κ2) is 11.9. The lowest BCUT2D eigenvalue weighted by atomic mass is 10.1. The molecule has 0 bridgehead atoms. The maximum Gasteiger partial charge on any atom is 0.244 e. The van der Waals surface area contributed by atoms with Gasteiger partial charge in [0.15, 0.2) is 0 Å². The van der Waals surface area contributed by atoms with Gasteiger partial charge in [-0.15, -0.1) is 0 Å². The molecule has 2 amide bonds. The maximum absolute atomic E-state index is 13.5.